The first-order valence-corrected chi connectivity index (χ1v) is 9.56. The molecule has 2 N–H and O–H groups in total. The van der Waals surface area contributed by atoms with Gasteiger partial charge in [0, 0.05) is 30.3 Å². The third kappa shape index (κ3) is 4.01. The number of aromatic nitrogens is 3. The second-order valence-corrected chi connectivity index (χ2v) is 7.09. The van der Waals surface area contributed by atoms with Crippen LogP contribution in [0.2, 0.25) is 0 Å². The molecule has 0 saturated heterocycles. The molecule has 2 aromatic carbocycles. The molecular formula is C20H19F2N5S. The monoisotopic (exact) mass is 399 g/mol. The van der Waals surface area contributed by atoms with Crippen molar-refractivity contribution in [3.8, 4) is 11.4 Å². The van der Waals surface area contributed by atoms with E-state index in [1.807, 2.05) is 24.3 Å². The number of benzene rings is 2. The van der Waals surface area contributed by atoms with Gasteiger partial charge >= 0.3 is 0 Å². The zero-order chi connectivity index (χ0) is 19.5. The van der Waals surface area contributed by atoms with E-state index in [-0.39, 0.29) is 10.8 Å². The Labute approximate surface area is 166 Å². The van der Waals surface area contributed by atoms with E-state index in [9.17, 15) is 8.78 Å². The van der Waals surface area contributed by atoms with Crippen LogP contribution in [-0.2, 0) is 13.0 Å². The molecule has 0 atom stereocenters. The lowest BCUT2D eigenvalue weighted by molar-refractivity contribution is 0.586. The molecule has 3 aromatic rings. The molecule has 2 heterocycles. The molecule has 4 rings (SSSR count). The van der Waals surface area contributed by atoms with Crippen LogP contribution < -0.4 is 10.6 Å². The van der Waals surface area contributed by atoms with E-state index in [1.165, 1.54) is 18.6 Å². The fraction of sp³-hybridized carbons (Fsp3) is 0.250. The van der Waals surface area contributed by atoms with Crippen molar-refractivity contribution >= 4 is 28.7 Å². The lowest BCUT2D eigenvalue weighted by Gasteiger charge is -2.12. The fourth-order valence-corrected chi connectivity index (χ4v) is 3.54. The molecule has 0 amide bonds. The Morgan fingerprint density at radius 3 is 2.75 bits per heavy atom. The van der Waals surface area contributed by atoms with Crippen molar-refractivity contribution in [3.05, 3.63) is 59.9 Å². The average Bonchev–Trinajstić information content (AvgIpc) is 2.93. The molecule has 1 aliphatic rings. The number of aryl methyl sites for hydroxylation is 1. The number of anilines is 2. The Morgan fingerprint density at radius 1 is 1.00 bits per heavy atom. The summed E-state index contributed by atoms with van der Waals surface area (Å²) in [7, 11) is 0. The van der Waals surface area contributed by atoms with Crippen LogP contribution >= 0.6 is 12.2 Å². The van der Waals surface area contributed by atoms with Crippen LogP contribution in [0.4, 0.5) is 20.2 Å². The number of hydrogen-bond acceptors (Lipinski definition) is 3. The van der Waals surface area contributed by atoms with Gasteiger partial charge in [0.25, 0.3) is 0 Å². The number of halogens is 2. The molecule has 0 unspecified atom stereocenters. The Morgan fingerprint density at radius 2 is 1.89 bits per heavy atom. The van der Waals surface area contributed by atoms with Crippen LogP contribution in [0.25, 0.3) is 11.4 Å². The highest BCUT2D eigenvalue weighted by atomic mass is 32.1. The Kier molecular flexibility index (Phi) is 5.29. The number of nitrogens with one attached hydrogen (secondary N) is 2. The minimum atomic E-state index is -0.705. The topological polar surface area (TPSA) is 54.8 Å². The second kappa shape index (κ2) is 8.02. The van der Waals surface area contributed by atoms with E-state index in [2.05, 4.69) is 25.4 Å². The lowest BCUT2D eigenvalue weighted by atomic mass is 10.2. The predicted octanol–water partition coefficient (Wildman–Crippen LogP) is 4.76. The van der Waals surface area contributed by atoms with Gasteiger partial charge in [-0.05, 0) is 49.3 Å². The molecule has 0 bridgehead atoms. The summed E-state index contributed by atoms with van der Waals surface area (Å²) >= 11 is 5.25. The minimum Gasteiger partial charge on any atom is -0.332 e. The van der Waals surface area contributed by atoms with Gasteiger partial charge < -0.3 is 15.2 Å². The van der Waals surface area contributed by atoms with E-state index in [1.54, 1.807) is 0 Å². The summed E-state index contributed by atoms with van der Waals surface area (Å²) in [6.07, 6.45) is 4.40. The van der Waals surface area contributed by atoms with Crippen molar-refractivity contribution in [2.75, 3.05) is 10.6 Å². The molecule has 0 aliphatic carbocycles. The maximum Gasteiger partial charge on any atom is 0.175 e. The number of thiocarbonyl (C=S) groups is 1. The molecule has 0 saturated carbocycles. The lowest BCUT2D eigenvalue weighted by Crippen LogP contribution is -2.19. The van der Waals surface area contributed by atoms with E-state index in [0.29, 0.717) is 0 Å². The highest BCUT2D eigenvalue weighted by molar-refractivity contribution is 7.80. The van der Waals surface area contributed by atoms with Crippen molar-refractivity contribution in [2.24, 2.45) is 0 Å². The third-order valence-corrected chi connectivity index (χ3v) is 4.87. The summed E-state index contributed by atoms with van der Waals surface area (Å²) in [5.74, 6) is 0.518. The second-order valence-electron chi connectivity index (χ2n) is 6.69. The van der Waals surface area contributed by atoms with Crippen LogP contribution in [0.5, 0.6) is 0 Å². The van der Waals surface area contributed by atoms with Crippen LogP contribution in [0, 0.1) is 11.6 Å². The molecule has 5 nitrogen and oxygen atoms in total. The van der Waals surface area contributed by atoms with E-state index >= 15 is 0 Å². The number of rotatable bonds is 3. The van der Waals surface area contributed by atoms with E-state index < -0.39 is 11.6 Å². The van der Waals surface area contributed by atoms with Crippen molar-refractivity contribution < 1.29 is 8.78 Å². The summed E-state index contributed by atoms with van der Waals surface area (Å²) in [5.41, 5.74) is 1.78. The van der Waals surface area contributed by atoms with E-state index in [0.717, 1.165) is 54.8 Å². The van der Waals surface area contributed by atoms with Crippen molar-refractivity contribution in [2.45, 2.75) is 32.2 Å². The molecular weight excluding hydrogens is 380 g/mol. The molecule has 8 heteroatoms. The normalized spacial score (nSPS) is 13.5. The Bertz CT molecular complexity index is 1020. The standard InChI is InChI=1S/C20H19F2N5S/c21-14-8-9-17(16(22)12-14)24-20(28)23-15-6-4-5-13(11-15)19-26-25-18-7-2-1-3-10-27(18)19/h4-6,8-9,11-12H,1-3,7,10H2,(H2,23,24,28). The zero-order valence-corrected chi connectivity index (χ0v) is 15.9. The zero-order valence-electron chi connectivity index (χ0n) is 15.1. The van der Waals surface area contributed by atoms with Gasteiger partial charge in [0.1, 0.15) is 17.5 Å². The first-order valence-electron chi connectivity index (χ1n) is 9.16. The fourth-order valence-electron chi connectivity index (χ4n) is 3.31. The van der Waals surface area contributed by atoms with Gasteiger partial charge in [-0.3, -0.25) is 0 Å². The minimum absolute atomic E-state index is 0.109. The van der Waals surface area contributed by atoms with Gasteiger partial charge in [-0.25, -0.2) is 8.78 Å². The van der Waals surface area contributed by atoms with Crippen LogP contribution in [0.1, 0.15) is 25.1 Å². The summed E-state index contributed by atoms with van der Waals surface area (Å²) in [6, 6.07) is 10.9. The van der Waals surface area contributed by atoms with Gasteiger partial charge in [0.05, 0.1) is 5.69 Å². The number of hydrogen-bond donors (Lipinski definition) is 2. The first kappa shape index (κ1) is 18.5. The van der Waals surface area contributed by atoms with Crippen molar-refractivity contribution in [1.82, 2.24) is 14.8 Å². The van der Waals surface area contributed by atoms with Crippen molar-refractivity contribution in [1.29, 1.82) is 0 Å². The molecule has 0 fully saturated rings. The first-order chi connectivity index (χ1) is 13.6. The highest BCUT2D eigenvalue weighted by Gasteiger charge is 2.16. The van der Waals surface area contributed by atoms with Gasteiger partial charge in [0.2, 0.25) is 0 Å². The molecule has 1 aromatic heterocycles. The summed E-state index contributed by atoms with van der Waals surface area (Å²) < 4.78 is 29.0. The maximum absolute atomic E-state index is 13.8. The maximum atomic E-state index is 13.8. The van der Waals surface area contributed by atoms with Crippen LogP contribution in [0.15, 0.2) is 42.5 Å². The molecule has 0 spiro atoms. The van der Waals surface area contributed by atoms with Gasteiger partial charge in [-0.15, -0.1) is 10.2 Å². The molecule has 0 radical (unpaired) electrons. The quantitative estimate of drug-likeness (QED) is 0.622. The summed E-state index contributed by atoms with van der Waals surface area (Å²) in [4.78, 5) is 0. The van der Waals surface area contributed by atoms with E-state index in [4.69, 9.17) is 12.2 Å². The van der Waals surface area contributed by atoms with Crippen LogP contribution in [0.3, 0.4) is 0 Å². The molecule has 28 heavy (non-hydrogen) atoms. The molecule has 144 valence electrons. The Balaban J connectivity index is 1.51. The summed E-state index contributed by atoms with van der Waals surface area (Å²) in [5, 5.41) is 14.7. The highest BCUT2D eigenvalue weighted by Crippen LogP contribution is 2.25. The average molecular weight is 399 g/mol. The third-order valence-electron chi connectivity index (χ3n) is 4.67. The SMILES string of the molecule is Fc1ccc(NC(=S)Nc2cccc(-c3nnc4n3CCCCC4)c2)c(F)c1. The largest absolute Gasteiger partial charge is 0.332 e. The van der Waals surface area contributed by atoms with Gasteiger partial charge in [-0.1, -0.05) is 18.6 Å². The number of nitrogens with zero attached hydrogens (tertiary/aromatic N) is 3. The smallest absolute Gasteiger partial charge is 0.175 e. The van der Waals surface area contributed by atoms with Gasteiger partial charge in [0.15, 0.2) is 10.9 Å². The predicted molar refractivity (Wildman–Crippen MR) is 109 cm³/mol. The van der Waals surface area contributed by atoms with Gasteiger partial charge in [-0.2, -0.15) is 0 Å². The number of fused-ring (bicyclic) bond motifs is 1. The molecule has 1 aliphatic heterocycles. The summed E-state index contributed by atoms with van der Waals surface area (Å²) in [6.45, 7) is 0.916. The van der Waals surface area contributed by atoms with Crippen molar-refractivity contribution in [3.63, 3.8) is 0 Å². The van der Waals surface area contributed by atoms with Crippen LogP contribution in [-0.4, -0.2) is 19.9 Å². The Hall–Kier alpha value is -2.87.